The van der Waals surface area contributed by atoms with Crippen LogP contribution in [0.3, 0.4) is 0 Å². The fraction of sp³-hybridized carbons (Fsp3) is 0.333. The minimum Gasteiger partial charge on any atom is -0.486 e. The highest BCUT2D eigenvalue weighted by molar-refractivity contribution is 5.98. The van der Waals surface area contributed by atoms with Crippen LogP contribution in [0.25, 0.3) is 0 Å². The Labute approximate surface area is 159 Å². The first-order valence-electron chi connectivity index (χ1n) is 8.99. The van der Waals surface area contributed by atoms with E-state index in [2.05, 4.69) is 0 Å². The van der Waals surface area contributed by atoms with Crippen LogP contribution in [0.15, 0.2) is 42.5 Å². The molecule has 0 spiro atoms. The zero-order chi connectivity index (χ0) is 19.4. The van der Waals surface area contributed by atoms with Gasteiger partial charge in [-0.2, -0.15) is 0 Å². The first-order chi connectivity index (χ1) is 13.0. The van der Waals surface area contributed by atoms with Gasteiger partial charge in [0.15, 0.2) is 11.5 Å². The maximum Gasteiger partial charge on any atom is 0.258 e. The van der Waals surface area contributed by atoms with E-state index < -0.39 is 0 Å². The van der Waals surface area contributed by atoms with Crippen LogP contribution in [-0.4, -0.2) is 55.5 Å². The highest BCUT2D eigenvalue weighted by Gasteiger charge is 2.24. The first-order valence-corrected chi connectivity index (χ1v) is 8.99. The van der Waals surface area contributed by atoms with Crippen molar-refractivity contribution in [1.82, 2.24) is 9.80 Å². The van der Waals surface area contributed by atoms with Gasteiger partial charge in [0.25, 0.3) is 11.8 Å². The van der Waals surface area contributed by atoms with Crippen LogP contribution < -0.4 is 9.47 Å². The number of nitrogens with zero attached hydrogens (tertiary/aromatic N) is 2. The highest BCUT2D eigenvalue weighted by Crippen LogP contribution is 2.34. The van der Waals surface area contributed by atoms with Gasteiger partial charge in [-0.25, -0.2) is 0 Å². The molecule has 0 aromatic heterocycles. The average molecular weight is 368 g/mol. The lowest BCUT2D eigenvalue weighted by molar-refractivity contribution is 0.0741. The van der Waals surface area contributed by atoms with Crippen LogP contribution in [0.4, 0.5) is 0 Å². The van der Waals surface area contributed by atoms with Crippen LogP contribution >= 0.6 is 0 Å². The van der Waals surface area contributed by atoms with Crippen LogP contribution in [0.5, 0.6) is 11.5 Å². The number of carbonyl (C=O) groups is 2. The number of benzene rings is 2. The second kappa shape index (κ2) is 8.12. The van der Waals surface area contributed by atoms with Gasteiger partial charge in [0, 0.05) is 32.7 Å². The van der Waals surface area contributed by atoms with Gasteiger partial charge in [-0.1, -0.05) is 18.2 Å². The molecule has 1 aliphatic rings. The standard InChI is InChI=1S/C21H24N2O4/c1-4-23(14-15-8-10-16(11-9-15)20(24)22(2)3)21(25)17-6-5-7-18-19(17)27-13-12-26-18/h5-11H,4,12-14H2,1-3H3. The van der Waals surface area contributed by atoms with Gasteiger partial charge in [0.05, 0.1) is 5.56 Å². The largest absolute Gasteiger partial charge is 0.486 e. The number of amides is 2. The third-order valence-corrected chi connectivity index (χ3v) is 4.45. The lowest BCUT2D eigenvalue weighted by atomic mass is 10.1. The number of hydrogen-bond acceptors (Lipinski definition) is 4. The monoisotopic (exact) mass is 368 g/mol. The lowest BCUT2D eigenvalue weighted by Gasteiger charge is -2.25. The van der Waals surface area contributed by atoms with Crippen molar-refractivity contribution in [2.45, 2.75) is 13.5 Å². The van der Waals surface area contributed by atoms with Crippen LogP contribution in [0.2, 0.25) is 0 Å². The molecule has 6 heteroatoms. The SMILES string of the molecule is CCN(Cc1ccc(C(=O)N(C)C)cc1)C(=O)c1cccc2c1OCCO2. The van der Waals surface area contributed by atoms with E-state index in [0.29, 0.717) is 48.9 Å². The molecule has 0 radical (unpaired) electrons. The van der Waals surface area contributed by atoms with Crippen molar-refractivity contribution in [3.8, 4) is 11.5 Å². The molecular formula is C21H24N2O4. The molecule has 0 atom stereocenters. The highest BCUT2D eigenvalue weighted by atomic mass is 16.6. The molecule has 2 aromatic carbocycles. The summed E-state index contributed by atoms with van der Waals surface area (Å²) >= 11 is 0. The summed E-state index contributed by atoms with van der Waals surface area (Å²) in [7, 11) is 3.44. The molecule has 3 rings (SSSR count). The summed E-state index contributed by atoms with van der Waals surface area (Å²) in [6.07, 6.45) is 0. The average Bonchev–Trinajstić information content (AvgIpc) is 2.71. The third-order valence-electron chi connectivity index (χ3n) is 4.45. The molecule has 2 aromatic rings. The Bertz CT molecular complexity index is 831. The summed E-state index contributed by atoms with van der Waals surface area (Å²) in [4.78, 5) is 28.3. The Balaban J connectivity index is 1.78. The molecule has 1 heterocycles. The second-order valence-corrected chi connectivity index (χ2v) is 6.55. The number of carbonyl (C=O) groups excluding carboxylic acids is 2. The van der Waals surface area contributed by atoms with E-state index in [9.17, 15) is 9.59 Å². The van der Waals surface area contributed by atoms with E-state index in [1.54, 1.807) is 43.3 Å². The Morgan fingerprint density at radius 1 is 0.963 bits per heavy atom. The normalized spacial score (nSPS) is 12.4. The summed E-state index contributed by atoms with van der Waals surface area (Å²) in [6, 6.07) is 12.7. The first kappa shape index (κ1) is 18.8. The minimum atomic E-state index is -0.103. The second-order valence-electron chi connectivity index (χ2n) is 6.55. The molecule has 0 aliphatic carbocycles. The van der Waals surface area contributed by atoms with E-state index in [4.69, 9.17) is 9.47 Å². The fourth-order valence-electron chi connectivity index (χ4n) is 2.97. The Morgan fingerprint density at radius 3 is 2.33 bits per heavy atom. The molecule has 2 amide bonds. The third kappa shape index (κ3) is 4.05. The van der Waals surface area contributed by atoms with E-state index in [1.807, 2.05) is 25.1 Å². The predicted molar refractivity (Wildman–Crippen MR) is 102 cm³/mol. The van der Waals surface area contributed by atoms with E-state index in [1.165, 1.54) is 4.90 Å². The number of hydrogen-bond donors (Lipinski definition) is 0. The maximum absolute atomic E-state index is 13.0. The molecule has 0 fully saturated rings. The molecule has 27 heavy (non-hydrogen) atoms. The van der Waals surface area contributed by atoms with Crippen molar-refractivity contribution < 1.29 is 19.1 Å². The fourth-order valence-corrected chi connectivity index (χ4v) is 2.97. The topological polar surface area (TPSA) is 59.1 Å². The molecular weight excluding hydrogens is 344 g/mol. The van der Waals surface area contributed by atoms with Crippen LogP contribution in [0.1, 0.15) is 33.2 Å². The molecule has 0 unspecified atom stereocenters. The smallest absolute Gasteiger partial charge is 0.258 e. The van der Waals surface area contributed by atoms with Crippen LogP contribution in [-0.2, 0) is 6.54 Å². The number of fused-ring (bicyclic) bond motifs is 1. The molecule has 0 N–H and O–H groups in total. The Morgan fingerprint density at radius 2 is 1.67 bits per heavy atom. The summed E-state index contributed by atoms with van der Waals surface area (Å²) in [6.45, 7) is 3.87. The zero-order valence-electron chi connectivity index (χ0n) is 15.9. The van der Waals surface area contributed by atoms with Crippen molar-refractivity contribution in [2.24, 2.45) is 0 Å². The molecule has 0 bridgehead atoms. The van der Waals surface area contributed by atoms with E-state index in [-0.39, 0.29) is 11.8 Å². The van der Waals surface area contributed by atoms with Gasteiger partial charge >= 0.3 is 0 Å². The van der Waals surface area contributed by atoms with Gasteiger partial charge in [-0.15, -0.1) is 0 Å². The van der Waals surface area contributed by atoms with Crippen molar-refractivity contribution in [1.29, 1.82) is 0 Å². The van der Waals surface area contributed by atoms with Gasteiger partial charge in [-0.05, 0) is 36.8 Å². The molecule has 142 valence electrons. The summed E-state index contributed by atoms with van der Waals surface area (Å²) in [5.41, 5.74) is 2.09. The predicted octanol–water partition coefficient (Wildman–Crippen LogP) is 2.82. The van der Waals surface area contributed by atoms with Crippen molar-refractivity contribution in [3.05, 3.63) is 59.2 Å². The number of para-hydroxylation sites is 1. The molecule has 0 saturated carbocycles. The number of rotatable bonds is 5. The zero-order valence-corrected chi connectivity index (χ0v) is 15.9. The molecule has 1 aliphatic heterocycles. The van der Waals surface area contributed by atoms with Gasteiger partial charge < -0.3 is 19.3 Å². The van der Waals surface area contributed by atoms with E-state index >= 15 is 0 Å². The van der Waals surface area contributed by atoms with Crippen molar-refractivity contribution in [2.75, 3.05) is 33.9 Å². The van der Waals surface area contributed by atoms with Crippen molar-refractivity contribution in [3.63, 3.8) is 0 Å². The van der Waals surface area contributed by atoms with E-state index in [0.717, 1.165) is 5.56 Å². The quantitative estimate of drug-likeness (QED) is 0.814. The van der Waals surface area contributed by atoms with Gasteiger partial charge in [0.2, 0.25) is 0 Å². The van der Waals surface area contributed by atoms with Gasteiger partial charge in [-0.3, -0.25) is 9.59 Å². The minimum absolute atomic E-state index is 0.0435. The van der Waals surface area contributed by atoms with Gasteiger partial charge in [0.1, 0.15) is 13.2 Å². The summed E-state index contributed by atoms with van der Waals surface area (Å²) in [5.74, 6) is 0.972. The van der Waals surface area contributed by atoms with Crippen LogP contribution in [0, 0.1) is 0 Å². The lowest BCUT2D eigenvalue weighted by Crippen LogP contribution is -2.31. The molecule has 0 saturated heterocycles. The Hall–Kier alpha value is -3.02. The maximum atomic E-state index is 13.0. The number of ether oxygens (including phenoxy) is 2. The summed E-state index contributed by atoms with van der Waals surface area (Å²) in [5, 5.41) is 0. The summed E-state index contributed by atoms with van der Waals surface area (Å²) < 4.78 is 11.2. The molecule has 6 nitrogen and oxygen atoms in total. The van der Waals surface area contributed by atoms with Crippen molar-refractivity contribution >= 4 is 11.8 Å². The Kier molecular flexibility index (Phi) is 5.64.